The second-order valence-electron chi connectivity index (χ2n) is 8.10. The molecule has 1 N–H and O–H groups in total. The Hall–Kier alpha value is -4.45. The number of aromatic nitrogens is 1. The Balaban J connectivity index is 1.38. The summed E-state index contributed by atoms with van der Waals surface area (Å²) in [6.07, 6.45) is 2.76. The lowest BCUT2D eigenvalue weighted by atomic mass is 9.98. The highest BCUT2D eigenvalue weighted by Gasteiger charge is 2.30. The zero-order valence-electron chi connectivity index (χ0n) is 18.3. The van der Waals surface area contributed by atoms with Crippen LogP contribution in [0, 0.1) is 0 Å². The Morgan fingerprint density at radius 1 is 0.824 bits per heavy atom. The molecule has 1 aliphatic rings. The highest BCUT2D eigenvalue weighted by molar-refractivity contribution is 5.89. The van der Waals surface area contributed by atoms with Gasteiger partial charge in [0.1, 0.15) is 6.61 Å². The molecule has 0 spiro atoms. The van der Waals surface area contributed by atoms with Gasteiger partial charge in [-0.1, -0.05) is 60.7 Å². The van der Waals surface area contributed by atoms with Crippen LogP contribution in [0.25, 0.3) is 11.1 Å². The topological polar surface area (TPSA) is 79.7 Å². The van der Waals surface area contributed by atoms with E-state index in [1.807, 2.05) is 24.3 Å². The Morgan fingerprint density at radius 3 is 2.00 bits per heavy atom. The third-order valence-electron chi connectivity index (χ3n) is 6.07. The number of fused-ring (bicyclic) bond motifs is 3. The van der Waals surface area contributed by atoms with Crippen LogP contribution in [-0.4, -0.2) is 28.8 Å². The largest absolute Gasteiger partial charge is 0.478 e. The van der Waals surface area contributed by atoms with Crippen molar-refractivity contribution in [1.29, 1.82) is 0 Å². The highest BCUT2D eigenvalue weighted by Crippen LogP contribution is 2.44. The number of rotatable bonds is 6. The number of hydrogen-bond acceptors (Lipinski definition) is 4. The number of hydrogen-bond donors (Lipinski definition) is 1. The number of amides is 1. The molecule has 34 heavy (non-hydrogen) atoms. The van der Waals surface area contributed by atoms with Crippen LogP contribution in [0.1, 0.15) is 33.0 Å². The van der Waals surface area contributed by atoms with E-state index in [4.69, 9.17) is 9.84 Å². The number of carboxylic acids is 1. The van der Waals surface area contributed by atoms with Gasteiger partial charge in [-0.2, -0.15) is 0 Å². The summed E-state index contributed by atoms with van der Waals surface area (Å²) in [5.41, 5.74) is 6.27. The summed E-state index contributed by atoms with van der Waals surface area (Å²) in [6, 6.07) is 26.4. The Bertz CT molecular complexity index is 1290. The Labute approximate surface area is 197 Å². The van der Waals surface area contributed by atoms with Gasteiger partial charge in [-0.15, -0.1) is 0 Å². The number of ether oxygens (including phenoxy) is 1. The standard InChI is InChI=1S/C28H22N2O4/c31-27(32)20-11-9-19(10-12-20)17-30(21-13-15-29-16-14-21)28(33)34-18-26-24-7-3-1-5-22(24)23-6-2-4-8-25(23)26/h1-16,26H,17-18H2,(H,31,32). The summed E-state index contributed by atoms with van der Waals surface area (Å²) in [4.78, 5) is 30.0. The van der Waals surface area contributed by atoms with Gasteiger partial charge in [-0.3, -0.25) is 9.88 Å². The van der Waals surface area contributed by atoms with E-state index in [9.17, 15) is 9.59 Å². The predicted octanol–water partition coefficient (Wildman–Crippen LogP) is 5.74. The molecular weight excluding hydrogens is 428 g/mol. The molecule has 6 nitrogen and oxygen atoms in total. The minimum Gasteiger partial charge on any atom is -0.478 e. The van der Waals surface area contributed by atoms with Crippen molar-refractivity contribution in [2.75, 3.05) is 11.5 Å². The molecule has 168 valence electrons. The van der Waals surface area contributed by atoms with Crippen LogP contribution in [0.5, 0.6) is 0 Å². The van der Waals surface area contributed by atoms with E-state index in [0.717, 1.165) is 16.7 Å². The Morgan fingerprint density at radius 2 is 1.41 bits per heavy atom. The third kappa shape index (κ3) is 4.13. The summed E-state index contributed by atoms with van der Waals surface area (Å²) in [5.74, 6) is -1.03. The average molecular weight is 450 g/mol. The molecule has 6 heteroatoms. The molecule has 3 aromatic carbocycles. The number of pyridine rings is 1. The maximum atomic E-state index is 13.3. The van der Waals surface area contributed by atoms with Crippen molar-refractivity contribution in [2.24, 2.45) is 0 Å². The summed E-state index contributed by atoms with van der Waals surface area (Å²) >= 11 is 0. The van der Waals surface area contributed by atoms with Gasteiger partial charge in [0, 0.05) is 18.3 Å². The number of carbonyl (C=O) groups is 2. The van der Waals surface area contributed by atoms with Gasteiger partial charge in [0.15, 0.2) is 0 Å². The Kier molecular flexibility index (Phi) is 5.79. The van der Waals surface area contributed by atoms with Crippen LogP contribution >= 0.6 is 0 Å². The molecule has 1 aromatic heterocycles. The van der Waals surface area contributed by atoms with E-state index < -0.39 is 12.1 Å². The predicted molar refractivity (Wildman–Crippen MR) is 129 cm³/mol. The summed E-state index contributed by atoms with van der Waals surface area (Å²) in [5, 5.41) is 9.15. The maximum Gasteiger partial charge on any atom is 0.414 e. The number of carboxylic acid groups (broad SMARTS) is 1. The first-order chi connectivity index (χ1) is 16.6. The molecule has 0 bridgehead atoms. The lowest BCUT2D eigenvalue weighted by Gasteiger charge is -2.24. The van der Waals surface area contributed by atoms with E-state index >= 15 is 0 Å². The fourth-order valence-electron chi connectivity index (χ4n) is 4.39. The summed E-state index contributed by atoms with van der Waals surface area (Å²) in [6.45, 7) is 0.451. The van der Waals surface area contributed by atoms with Crippen LogP contribution in [0.2, 0.25) is 0 Å². The van der Waals surface area contributed by atoms with E-state index in [1.54, 1.807) is 36.7 Å². The van der Waals surface area contributed by atoms with Gasteiger partial charge < -0.3 is 9.84 Å². The molecule has 5 rings (SSSR count). The first-order valence-electron chi connectivity index (χ1n) is 11.0. The minimum atomic E-state index is -0.992. The van der Waals surface area contributed by atoms with Crippen LogP contribution in [0.4, 0.5) is 10.5 Å². The van der Waals surface area contributed by atoms with Gasteiger partial charge in [0.05, 0.1) is 17.8 Å². The lowest BCUT2D eigenvalue weighted by Crippen LogP contribution is -2.32. The number of aromatic carboxylic acids is 1. The number of nitrogens with zero attached hydrogens (tertiary/aromatic N) is 2. The zero-order valence-corrected chi connectivity index (χ0v) is 18.3. The van der Waals surface area contributed by atoms with Crippen LogP contribution in [0.3, 0.4) is 0 Å². The second kappa shape index (κ2) is 9.19. The van der Waals surface area contributed by atoms with Crippen molar-refractivity contribution in [1.82, 2.24) is 4.98 Å². The molecule has 1 heterocycles. The summed E-state index contributed by atoms with van der Waals surface area (Å²) in [7, 11) is 0. The molecule has 0 fully saturated rings. The van der Waals surface area contributed by atoms with E-state index in [0.29, 0.717) is 5.69 Å². The number of carbonyl (C=O) groups excluding carboxylic acids is 1. The van der Waals surface area contributed by atoms with Gasteiger partial charge >= 0.3 is 12.1 Å². The van der Waals surface area contributed by atoms with Crippen molar-refractivity contribution in [3.63, 3.8) is 0 Å². The van der Waals surface area contributed by atoms with Crippen molar-refractivity contribution < 1.29 is 19.4 Å². The van der Waals surface area contributed by atoms with Crippen LogP contribution in [-0.2, 0) is 11.3 Å². The molecule has 0 aliphatic heterocycles. The molecule has 0 atom stereocenters. The quantitative estimate of drug-likeness (QED) is 0.405. The fourth-order valence-corrected chi connectivity index (χ4v) is 4.39. The van der Waals surface area contributed by atoms with Gasteiger partial charge in [-0.05, 0) is 52.1 Å². The van der Waals surface area contributed by atoms with E-state index in [1.165, 1.54) is 28.2 Å². The van der Waals surface area contributed by atoms with Crippen LogP contribution < -0.4 is 4.90 Å². The zero-order chi connectivity index (χ0) is 23.5. The fraction of sp³-hybridized carbons (Fsp3) is 0.107. The lowest BCUT2D eigenvalue weighted by molar-refractivity contribution is 0.0696. The monoisotopic (exact) mass is 450 g/mol. The minimum absolute atomic E-state index is 0.0366. The van der Waals surface area contributed by atoms with Crippen molar-refractivity contribution in [3.05, 3.63) is 120 Å². The molecular formula is C28H22N2O4. The second-order valence-corrected chi connectivity index (χ2v) is 8.10. The first-order valence-corrected chi connectivity index (χ1v) is 11.0. The third-order valence-corrected chi connectivity index (χ3v) is 6.07. The van der Waals surface area contributed by atoms with Crippen LogP contribution in [0.15, 0.2) is 97.3 Å². The molecule has 4 aromatic rings. The van der Waals surface area contributed by atoms with E-state index in [-0.39, 0.29) is 24.6 Å². The molecule has 1 amide bonds. The van der Waals surface area contributed by atoms with Crippen molar-refractivity contribution in [3.8, 4) is 11.1 Å². The number of benzene rings is 3. The van der Waals surface area contributed by atoms with Gasteiger partial charge in [-0.25, -0.2) is 9.59 Å². The molecule has 0 radical (unpaired) electrons. The summed E-state index contributed by atoms with van der Waals surface area (Å²) < 4.78 is 5.86. The van der Waals surface area contributed by atoms with E-state index in [2.05, 4.69) is 29.2 Å². The molecule has 1 aliphatic carbocycles. The average Bonchev–Trinajstić information content (AvgIpc) is 3.20. The first kappa shape index (κ1) is 21.4. The van der Waals surface area contributed by atoms with Gasteiger partial charge in [0.25, 0.3) is 0 Å². The molecule has 0 unspecified atom stereocenters. The smallest absolute Gasteiger partial charge is 0.414 e. The van der Waals surface area contributed by atoms with Gasteiger partial charge in [0.2, 0.25) is 0 Å². The number of anilines is 1. The van der Waals surface area contributed by atoms with Crippen molar-refractivity contribution in [2.45, 2.75) is 12.5 Å². The normalized spacial score (nSPS) is 12.0. The highest BCUT2D eigenvalue weighted by atomic mass is 16.6. The van der Waals surface area contributed by atoms with Crippen molar-refractivity contribution >= 4 is 17.7 Å². The molecule has 0 saturated heterocycles. The molecule has 0 saturated carbocycles. The SMILES string of the molecule is O=C(O)c1ccc(CN(C(=O)OCC2c3ccccc3-c3ccccc32)c2ccncc2)cc1. The maximum absolute atomic E-state index is 13.3.